The second kappa shape index (κ2) is 4.21. The molecule has 1 aromatic rings. The molecule has 0 amide bonds. The number of hydrogen-bond acceptors (Lipinski definition) is 6. The summed E-state index contributed by atoms with van der Waals surface area (Å²) >= 11 is 1.10. The van der Waals surface area contributed by atoms with Crippen LogP contribution in [-0.4, -0.2) is 32.4 Å². The Morgan fingerprint density at radius 3 is 3.33 bits per heavy atom. The van der Waals surface area contributed by atoms with Crippen molar-refractivity contribution in [3.8, 4) is 0 Å². The van der Waals surface area contributed by atoms with Crippen LogP contribution in [0.1, 0.15) is 8.97 Å². The van der Waals surface area contributed by atoms with Crippen LogP contribution in [0.3, 0.4) is 0 Å². The van der Waals surface area contributed by atoms with Gasteiger partial charge < -0.3 is 15.6 Å². The molecule has 3 N–H and O–H groups in total. The molecule has 2 heterocycles. The normalized spacial score (nSPS) is 28.6. The highest BCUT2D eigenvalue weighted by molar-refractivity contribution is 8.00. The average molecular weight is 234 g/mol. The van der Waals surface area contributed by atoms with Gasteiger partial charge in [0.2, 0.25) is 0 Å². The summed E-state index contributed by atoms with van der Waals surface area (Å²) in [5, 5.41) is 9.16. The molecular formula is C8H11N3O3S. The van der Waals surface area contributed by atoms with Crippen LogP contribution in [-0.2, 0) is 4.74 Å². The van der Waals surface area contributed by atoms with E-state index in [1.807, 2.05) is 0 Å². The molecule has 7 heteroatoms. The lowest BCUT2D eigenvalue weighted by Crippen LogP contribution is -2.28. The number of hydrogen-bond donors (Lipinski definition) is 2. The van der Waals surface area contributed by atoms with Crippen LogP contribution >= 0.6 is 11.8 Å². The van der Waals surface area contributed by atoms with Gasteiger partial charge in [0.25, 0.3) is 0 Å². The zero-order chi connectivity index (χ0) is 12.6. The third-order valence-electron chi connectivity index (χ3n) is 1.94. The van der Waals surface area contributed by atoms with Crippen molar-refractivity contribution in [2.75, 3.05) is 18.0 Å². The van der Waals surface area contributed by atoms with Gasteiger partial charge in [-0.2, -0.15) is 4.98 Å². The minimum Gasteiger partial charge on any atom is -0.393 e. The van der Waals surface area contributed by atoms with E-state index in [0.717, 1.165) is 11.8 Å². The summed E-state index contributed by atoms with van der Waals surface area (Å²) in [5.74, 6) is 0.474. The number of rotatable bonds is 2. The Bertz CT molecular complexity index is 476. The molecular weight excluding hydrogens is 221 g/mol. The molecule has 0 saturated carbocycles. The number of nitrogens with zero attached hydrogens (tertiary/aromatic N) is 2. The smallest absolute Gasteiger partial charge is 0.351 e. The summed E-state index contributed by atoms with van der Waals surface area (Å²) in [5.41, 5.74) is 3.78. The van der Waals surface area contributed by atoms with Crippen molar-refractivity contribution >= 4 is 17.6 Å². The molecule has 82 valence electrons. The molecule has 0 spiro atoms. The monoisotopic (exact) mass is 234 g/mol. The second-order valence-electron chi connectivity index (χ2n) is 2.93. The van der Waals surface area contributed by atoms with Crippen LogP contribution in [0, 0.1) is 0 Å². The van der Waals surface area contributed by atoms with E-state index in [0.29, 0.717) is 5.75 Å². The SMILES string of the molecule is [2H]C([2H])(O)[C@@H]1O[C@H]([15n]2ccc(N)[15n][13c]2=O)CS1. The van der Waals surface area contributed by atoms with Crippen LogP contribution in [0.15, 0.2) is 17.1 Å². The van der Waals surface area contributed by atoms with Gasteiger partial charge in [-0.25, -0.2) is 4.79 Å². The van der Waals surface area contributed by atoms with Crippen molar-refractivity contribution in [2.45, 2.75) is 11.7 Å². The molecule has 0 bridgehead atoms. The summed E-state index contributed by atoms with van der Waals surface area (Å²) in [4.78, 5) is 15.1. The minimum atomic E-state index is -2.44. The quantitative estimate of drug-likeness (QED) is 0.710. The number of aromatic nitrogens is 2. The van der Waals surface area contributed by atoms with E-state index < -0.39 is 23.9 Å². The van der Waals surface area contributed by atoms with Crippen LogP contribution in [0.5, 0.6) is 0 Å². The van der Waals surface area contributed by atoms with Crippen LogP contribution in [0.25, 0.3) is 0 Å². The van der Waals surface area contributed by atoms with Gasteiger partial charge in [-0.1, -0.05) is 0 Å². The molecule has 6 nitrogen and oxygen atoms in total. The van der Waals surface area contributed by atoms with Gasteiger partial charge in [0.05, 0.1) is 9.30 Å². The summed E-state index contributed by atoms with van der Waals surface area (Å²) < 4.78 is 20.7. The highest BCUT2D eigenvalue weighted by atomic mass is 32.2. The van der Waals surface area contributed by atoms with E-state index in [4.69, 9.17) is 18.3 Å². The van der Waals surface area contributed by atoms with E-state index in [9.17, 15) is 4.79 Å². The first-order valence-corrected chi connectivity index (χ1v) is 5.27. The van der Waals surface area contributed by atoms with E-state index in [1.54, 1.807) is 0 Å². The first-order chi connectivity index (χ1) is 7.88. The predicted octanol–water partition coefficient (Wildman–Crippen LogP) is -0.594. The minimum absolute atomic E-state index is 0.117. The van der Waals surface area contributed by atoms with Gasteiger partial charge in [-0.3, -0.25) is 4.57 Å². The Balaban J connectivity index is 2.18. The number of aliphatic hydroxyl groups is 1. The maximum atomic E-state index is 11.5. The number of anilines is 1. The molecule has 2 rings (SSSR count). The van der Waals surface area contributed by atoms with Crippen molar-refractivity contribution in [1.29, 1.82) is 0 Å². The Morgan fingerprint density at radius 1 is 1.93 bits per heavy atom. The summed E-state index contributed by atoms with van der Waals surface area (Å²) in [6.07, 6.45) is 0.790. The lowest BCUT2D eigenvalue weighted by molar-refractivity contribution is -0.00629. The molecule has 0 unspecified atom stereocenters. The molecule has 15 heavy (non-hydrogen) atoms. The van der Waals surface area contributed by atoms with Gasteiger partial charge in [0, 0.05) is 11.9 Å². The van der Waals surface area contributed by atoms with Crippen molar-refractivity contribution in [3.63, 3.8) is 0 Å². The maximum Gasteiger partial charge on any atom is 0.351 e. The maximum absolute atomic E-state index is 11.5. The zero-order valence-corrected chi connectivity index (χ0v) is 8.48. The van der Waals surface area contributed by atoms with Crippen LogP contribution < -0.4 is 11.4 Å². The lowest BCUT2D eigenvalue weighted by Gasteiger charge is -2.13. The van der Waals surface area contributed by atoms with Crippen LogP contribution in [0.2, 0.25) is 0 Å². The molecule has 1 saturated heterocycles. The first kappa shape index (κ1) is 8.14. The Morgan fingerprint density at radius 2 is 2.73 bits per heavy atom. The second-order valence-corrected chi connectivity index (χ2v) is 4.02. The highest BCUT2D eigenvalue weighted by Crippen LogP contribution is 2.30. The van der Waals surface area contributed by atoms with Gasteiger partial charge in [-0.05, 0) is 6.07 Å². The molecule has 1 aliphatic rings. The van der Waals surface area contributed by atoms with Gasteiger partial charge in [-0.15, -0.1) is 11.8 Å². The topological polar surface area (TPSA) is 90.4 Å². The molecule has 1 aromatic heterocycles. The fourth-order valence-electron chi connectivity index (χ4n) is 1.25. The van der Waals surface area contributed by atoms with Crippen molar-refractivity contribution in [3.05, 3.63) is 22.7 Å². The van der Waals surface area contributed by atoms with Gasteiger partial charge >= 0.3 is 5.69 Å². The Labute approximate surface area is 92.9 Å². The highest BCUT2D eigenvalue weighted by Gasteiger charge is 2.27. The van der Waals surface area contributed by atoms with Crippen LogP contribution in [0.4, 0.5) is 5.82 Å². The van der Waals surface area contributed by atoms with E-state index in [1.165, 1.54) is 16.8 Å². The summed E-state index contributed by atoms with van der Waals surface area (Å²) in [6.45, 7) is -2.44. The summed E-state index contributed by atoms with van der Waals surface area (Å²) in [7, 11) is 0. The average Bonchev–Trinajstić information content (AvgIpc) is 2.65. The van der Waals surface area contributed by atoms with Crippen molar-refractivity contribution < 1.29 is 12.6 Å². The number of ether oxygens (including phenoxy) is 1. The predicted molar refractivity (Wildman–Crippen MR) is 56.4 cm³/mol. The van der Waals surface area contributed by atoms with E-state index in [-0.39, 0.29) is 5.82 Å². The van der Waals surface area contributed by atoms with E-state index in [2.05, 4.69) is 4.98 Å². The van der Waals surface area contributed by atoms with Crippen molar-refractivity contribution in [2.24, 2.45) is 0 Å². The van der Waals surface area contributed by atoms with Gasteiger partial charge in [0.1, 0.15) is 17.5 Å². The summed E-state index contributed by atoms with van der Waals surface area (Å²) in [6, 6.07) is 1.45. The number of thioether (sulfide) groups is 1. The number of nitrogens with two attached hydrogens (primary N) is 1. The standard InChI is InChI=1S/C8H11N3O3S/c9-5-1-2-11(8(13)10-5)6-4-15-7(3-12)14-6/h1-2,6-7,12H,3-4H2,(H2,9,10,13)/t6-,7+/m0/s1/i3D2,8+1,10+1,11+1. The molecule has 1 aliphatic heterocycles. The first-order valence-electron chi connectivity index (χ1n) is 5.22. The molecule has 0 aliphatic carbocycles. The zero-order valence-electron chi connectivity index (χ0n) is 9.66. The molecule has 2 atom stereocenters. The Hall–Kier alpha value is -1.05. The third-order valence-corrected chi connectivity index (χ3v) is 2.93. The fraction of sp³-hybridized carbons (Fsp3) is 0.500. The lowest BCUT2D eigenvalue weighted by atomic mass is 10.6. The molecule has 0 radical (unpaired) electrons. The van der Waals surface area contributed by atoms with Crippen molar-refractivity contribution in [1.82, 2.24) is 9.55 Å². The van der Waals surface area contributed by atoms with E-state index >= 15 is 0 Å². The Kier molecular flexibility index (Phi) is 2.29. The molecule has 1 fully saturated rings. The fourth-order valence-corrected chi connectivity index (χ4v) is 2.11. The third kappa shape index (κ3) is 2.14. The van der Waals surface area contributed by atoms with Gasteiger partial charge in [0.15, 0.2) is 0 Å². The largest absolute Gasteiger partial charge is 0.393 e. The molecule has 0 aromatic carbocycles. The number of nitrogen functional groups attached to an aromatic ring is 1.